The Hall–Kier alpha value is -2.93. The van der Waals surface area contributed by atoms with E-state index in [1.165, 1.54) is 29.3 Å². The molecule has 2 aromatic rings. The van der Waals surface area contributed by atoms with Crippen LogP contribution >= 0.6 is 0 Å². The van der Waals surface area contributed by atoms with Crippen molar-refractivity contribution in [1.29, 1.82) is 0 Å². The highest BCUT2D eigenvalue weighted by atomic mass is 19.1. The summed E-state index contributed by atoms with van der Waals surface area (Å²) in [5.74, 6) is -1.93. The van der Waals surface area contributed by atoms with Crippen LogP contribution in [0.2, 0.25) is 0 Å². The maximum atomic E-state index is 13.7. The number of likely N-dealkylation sites (N-methyl/N-ethyl adjacent to an activating group) is 1. The molecule has 7 heteroatoms. The summed E-state index contributed by atoms with van der Waals surface area (Å²) >= 11 is 0. The lowest BCUT2D eigenvalue weighted by Gasteiger charge is -2.35. The fraction of sp³-hybridized carbons (Fsp3) is 0.440. The second kappa shape index (κ2) is 9.69. The summed E-state index contributed by atoms with van der Waals surface area (Å²) in [5.41, 5.74) is 4.51. The summed E-state index contributed by atoms with van der Waals surface area (Å²) in [5, 5.41) is 5.29. The van der Waals surface area contributed by atoms with Gasteiger partial charge in [0.1, 0.15) is 5.82 Å². The maximum absolute atomic E-state index is 13.7. The SMILES string of the molecule is Cc1ccc(NC(=O)C(=O)NC[C@H](c2ccc3c(c2)CCN3C)N2CCCCC2)cc1F. The number of hydrogen-bond acceptors (Lipinski definition) is 4. The van der Waals surface area contributed by atoms with E-state index in [0.717, 1.165) is 38.9 Å². The third kappa shape index (κ3) is 4.93. The van der Waals surface area contributed by atoms with Gasteiger partial charge >= 0.3 is 11.8 Å². The molecule has 170 valence electrons. The summed E-state index contributed by atoms with van der Waals surface area (Å²) in [6.07, 6.45) is 4.52. The molecule has 1 fully saturated rings. The van der Waals surface area contributed by atoms with Crippen LogP contribution in [0.1, 0.15) is 42.0 Å². The monoisotopic (exact) mass is 438 g/mol. The van der Waals surface area contributed by atoms with E-state index in [4.69, 9.17) is 0 Å². The summed E-state index contributed by atoms with van der Waals surface area (Å²) in [6.45, 7) is 4.97. The Kier molecular flexibility index (Phi) is 6.74. The van der Waals surface area contributed by atoms with Crippen molar-refractivity contribution in [2.24, 2.45) is 0 Å². The minimum absolute atomic E-state index is 0.0140. The average Bonchev–Trinajstić information content (AvgIpc) is 3.17. The van der Waals surface area contributed by atoms with Crippen LogP contribution < -0.4 is 15.5 Å². The number of piperidine rings is 1. The molecule has 2 aliphatic heterocycles. The number of amides is 2. The summed E-state index contributed by atoms with van der Waals surface area (Å²) in [7, 11) is 2.10. The van der Waals surface area contributed by atoms with Gasteiger partial charge in [0.15, 0.2) is 0 Å². The van der Waals surface area contributed by atoms with E-state index in [9.17, 15) is 14.0 Å². The predicted molar refractivity (Wildman–Crippen MR) is 124 cm³/mol. The van der Waals surface area contributed by atoms with Crippen LogP contribution in [0.15, 0.2) is 36.4 Å². The summed E-state index contributed by atoms with van der Waals surface area (Å²) in [4.78, 5) is 29.5. The first-order valence-electron chi connectivity index (χ1n) is 11.4. The van der Waals surface area contributed by atoms with Gasteiger partial charge in [-0.1, -0.05) is 24.6 Å². The second-order valence-corrected chi connectivity index (χ2v) is 8.80. The Labute approximate surface area is 188 Å². The summed E-state index contributed by atoms with van der Waals surface area (Å²) < 4.78 is 13.7. The Morgan fingerprint density at radius 3 is 2.56 bits per heavy atom. The zero-order chi connectivity index (χ0) is 22.7. The van der Waals surface area contributed by atoms with Crippen LogP contribution in [-0.4, -0.2) is 49.9 Å². The number of nitrogens with one attached hydrogen (secondary N) is 2. The first-order chi connectivity index (χ1) is 15.4. The minimum atomic E-state index is -0.791. The number of carbonyl (C=O) groups is 2. The number of hydrogen-bond donors (Lipinski definition) is 2. The highest BCUT2D eigenvalue weighted by Gasteiger charge is 2.26. The smallest absolute Gasteiger partial charge is 0.313 e. The molecule has 2 heterocycles. The average molecular weight is 439 g/mol. The van der Waals surface area contributed by atoms with Crippen molar-refractivity contribution in [3.63, 3.8) is 0 Å². The molecule has 0 bridgehead atoms. The molecular weight excluding hydrogens is 407 g/mol. The topological polar surface area (TPSA) is 64.7 Å². The Morgan fingerprint density at radius 2 is 1.81 bits per heavy atom. The molecule has 2 N–H and O–H groups in total. The van der Waals surface area contributed by atoms with Crippen LogP contribution in [0, 0.1) is 12.7 Å². The van der Waals surface area contributed by atoms with E-state index in [0.29, 0.717) is 12.1 Å². The first-order valence-corrected chi connectivity index (χ1v) is 11.4. The molecule has 0 aliphatic carbocycles. The molecule has 1 atom stereocenters. The molecule has 32 heavy (non-hydrogen) atoms. The number of carbonyl (C=O) groups excluding carboxylic acids is 2. The first kappa shape index (κ1) is 22.3. The molecule has 2 aliphatic rings. The highest BCUT2D eigenvalue weighted by molar-refractivity contribution is 6.39. The lowest BCUT2D eigenvalue weighted by molar-refractivity contribution is -0.136. The fourth-order valence-corrected chi connectivity index (χ4v) is 4.61. The van der Waals surface area contributed by atoms with Gasteiger partial charge in [-0.2, -0.15) is 0 Å². The molecule has 0 radical (unpaired) electrons. The third-order valence-electron chi connectivity index (χ3n) is 6.54. The quantitative estimate of drug-likeness (QED) is 0.703. The summed E-state index contributed by atoms with van der Waals surface area (Å²) in [6, 6.07) is 10.9. The van der Waals surface area contributed by atoms with Gasteiger partial charge in [0.2, 0.25) is 0 Å². The van der Waals surface area contributed by atoms with Crippen molar-refractivity contribution in [2.45, 2.75) is 38.6 Å². The van der Waals surface area contributed by atoms with Crippen LogP contribution in [0.4, 0.5) is 15.8 Å². The van der Waals surface area contributed by atoms with Crippen LogP contribution in [0.25, 0.3) is 0 Å². The van der Waals surface area contributed by atoms with E-state index in [1.807, 2.05) is 0 Å². The lowest BCUT2D eigenvalue weighted by Crippen LogP contribution is -2.43. The van der Waals surface area contributed by atoms with E-state index in [-0.39, 0.29) is 11.7 Å². The second-order valence-electron chi connectivity index (χ2n) is 8.80. The molecular formula is C25H31FN4O2. The van der Waals surface area contributed by atoms with Gasteiger partial charge < -0.3 is 15.5 Å². The van der Waals surface area contributed by atoms with Crippen molar-refractivity contribution in [1.82, 2.24) is 10.2 Å². The zero-order valence-corrected chi connectivity index (χ0v) is 18.8. The van der Waals surface area contributed by atoms with Gasteiger partial charge in [-0.15, -0.1) is 0 Å². The largest absolute Gasteiger partial charge is 0.374 e. The molecule has 4 rings (SSSR count). The Morgan fingerprint density at radius 1 is 1.03 bits per heavy atom. The number of rotatable bonds is 5. The molecule has 2 amide bonds. The number of fused-ring (bicyclic) bond motifs is 1. The van der Waals surface area contributed by atoms with Gasteiger partial charge in [0.25, 0.3) is 0 Å². The fourth-order valence-electron chi connectivity index (χ4n) is 4.61. The molecule has 0 aromatic heterocycles. The van der Waals surface area contributed by atoms with Gasteiger partial charge in [-0.05, 0) is 74.2 Å². The molecule has 0 unspecified atom stereocenters. The highest BCUT2D eigenvalue weighted by Crippen LogP contribution is 2.32. The maximum Gasteiger partial charge on any atom is 0.313 e. The van der Waals surface area contributed by atoms with E-state index >= 15 is 0 Å². The normalized spacial score (nSPS) is 17.0. The number of halogens is 1. The van der Waals surface area contributed by atoms with Crippen LogP contribution in [-0.2, 0) is 16.0 Å². The molecule has 0 spiro atoms. The Bertz CT molecular complexity index is 1000. The van der Waals surface area contributed by atoms with E-state index < -0.39 is 17.6 Å². The van der Waals surface area contributed by atoms with Gasteiger partial charge in [0.05, 0.1) is 6.04 Å². The van der Waals surface area contributed by atoms with Crippen molar-refractivity contribution in [3.8, 4) is 0 Å². The van der Waals surface area contributed by atoms with Crippen molar-refractivity contribution in [3.05, 3.63) is 58.9 Å². The van der Waals surface area contributed by atoms with E-state index in [1.54, 1.807) is 19.1 Å². The third-order valence-corrected chi connectivity index (χ3v) is 6.54. The predicted octanol–water partition coefficient (Wildman–Crippen LogP) is 3.41. The van der Waals surface area contributed by atoms with Crippen molar-refractivity contribution < 1.29 is 14.0 Å². The molecule has 6 nitrogen and oxygen atoms in total. The molecule has 1 saturated heterocycles. The number of likely N-dealkylation sites (tertiary alicyclic amines) is 1. The van der Waals surface area contributed by atoms with Crippen molar-refractivity contribution in [2.75, 3.05) is 43.4 Å². The standard InChI is InChI=1S/C25H31FN4O2/c1-17-6-8-20(15-21(17)26)28-25(32)24(31)27-16-23(30-11-4-3-5-12-30)18-7-9-22-19(14-18)10-13-29(22)2/h6-9,14-15,23H,3-5,10-13,16H2,1-2H3,(H,27,31)(H,28,32)/t23-/m1/s1. The lowest BCUT2D eigenvalue weighted by atomic mass is 9.98. The van der Waals surface area contributed by atoms with E-state index in [2.05, 4.69) is 45.7 Å². The van der Waals surface area contributed by atoms with Crippen molar-refractivity contribution >= 4 is 23.2 Å². The number of aryl methyl sites for hydroxylation is 1. The molecule has 0 saturated carbocycles. The number of nitrogens with zero attached hydrogens (tertiary/aromatic N) is 2. The van der Waals surface area contributed by atoms with Gasteiger partial charge in [-0.25, -0.2) is 4.39 Å². The molecule has 2 aromatic carbocycles. The van der Waals surface area contributed by atoms with Crippen LogP contribution in [0.3, 0.4) is 0 Å². The van der Waals surface area contributed by atoms with Crippen LogP contribution in [0.5, 0.6) is 0 Å². The van der Waals surface area contributed by atoms with Gasteiger partial charge in [0, 0.05) is 31.5 Å². The zero-order valence-electron chi connectivity index (χ0n) is 18.8. The Balaban J connectivity index is 1.44. The van der Waals surface area contributed by atoms with Gasteiger partial charge in [-0.3, -0.25) is 14.5 Å². The minimum Gasteiger partial charge on any atom is -0.374 e. The number of benzene rings is 2. The number of anilines is 2.